The zero-order valence-electron chi connectivity index (χ0n) is 6.23. The zero-order chi connectivity index (χ0) is 6.78. The summed E-state index contributed by atoms with van der Waals surface area (Å²) >= 11 is 1.97. The summed E-state index contributed by atoms with van der Waals surface area (Å²) in [6.07, 6.45) is 0. The molecule has 0 radical (unpaired) electrons. The third-order valence-electron chi connectivity index (χ3n) is 0.908. The van der Waals surface area contributed by atoms with E-state index >= 15 is 0 Å². The molecule has 0 aliphatic rings. The van der Waals surface area contributed by atoms with Crippen molar-refractivity contribution in [2.24, 2.45) is 0 Å². The molecule has 0 aliphatic carbocycles. The van der Waals surface area contributed by atoms with Crippen LogP contribution in [0.1, 0.15) is 13.8 Å². The van der Waals surface area contributed by atoms with Gasteiger partial charge in [0.05, 0.1) is 0 Å². The fraction of sp³-hybridized carbons (Fsp3) is 1.00. The maximum atomic E-state index is 2.42. The molecule has 0 aromatic rings. The summed E-state index contributed by atoms with van der Waals surface area (Å²) in [4.78, 5) is 0. The second kappa shape index (κ2) is 3.24. The van der Waals surface area contributed by atoms with Gasteiger partial charge in [-0.25, -0.2) is 0 Å². The molecule has 0 N–H and O–H groups in total. The van der Waals surface area contributed by atoms with Gasteiger partial charge in [0.15, 0.2) is 0 Å². The summed E-state index contributed by atoms with van der Waals surface area (Å²) < 4.78 is 0.634. The molecule has 0 amide bonds. The quantitative estimate of drug-likeness (QED) is 0.646. The van der Waals surface area contributed by atoms with Crippen molar-refractivity contribution in [3.8, 4) is 0 Å². The van der Waals surface area contributed by atoms with E-state index in [-0.39, 0.29) is 8.80 Å². The van der Waals surface area contributed by atoms with Crippen LogP contribution >= 0.6 is 0 Å². The molecule has 8 heavy (non-hydrogen) atoms. The molecule has 0 fully saturated rings. The minimum absolute atomic E-state index is 0.283. The van der Waals surface area contributed by atoms with Gasteiger partial charge in [0, 0.05) is 0 Å². The Hall–Kier alpha value is 1.01. The SMILES string of the molecule is C[SiH](C)CC(C)(C)[TeH]. The number of hydrogen-bond acceptors (Lipinski definition) is 0. The van der Waals surface area contributed by atoms with Crippen LogP contribution in [0.2, 0.25) is 22.6 Å². The summed E-state index contributed by atoms with van der Waals surface area (Å²) in [7, 11) is -0.283. The summed E-state index contributed by atoms with van der Waals surface area (Å²) in [5, 5.41) is 0. The van der Waals surface area contributed by atoms with Crippen molar-refractivity contribution in [2.75, 3.05) is 0 Å². The molecule has 0 aromatic carbocycles. The van der Waals surface area contributed by atoms with Gasteiger partial charge in [0.1, 0.15) is 0 Å². The van der Waals surface area contributed by atoms with Gasteiger partial charge in [-0.05, 0) is 0 Å². The first-order chi connectivity index (χ1) is 3.42. The Morgan fingerprint density at radius 3 is 1.75 bits per heavy atom. The fourth-order valence-corrected chi connectivity index (χ4v) is 6.12. The van der Waals surface area contributed by atoms with Crippen LogP contribution in [0.5, 0.6) is 0 Å². The van der Waals surface area contributed by atoms with E-state index in [9.17, 15) is 0 Å². The molecular weight excluding hydrogens is 228 g/mol. The van der Waals surface area contributed by atoms with Gasteiger partial charge in [-0.1, -0.05) is 0 Å². The van der Waals surface area contributed by atoms with Crippen LogP contribution in [0, 0.1) is 0 Å². The first kappa shape index (κ1) is 9.01. The third kappa shape index (κ3) is 7.01. The summed E-state index contributed by atoms with van der Waals surface area (Å²) in [6.45, 7) is 9.52. The van der Waals surface area contributed by atoms with Crippen molar-refractivity contribution in [3.05, 3.63) is 0 Å². The second-order valence-corrected chi connectivity index (χ2v) is 10.1. The van der Waals surface area contributed by atoms with E-state index in [2.05, 4.69) is 26.9 Å². The number of rotatable bonds is 2. The molecule has 0 atom stereocenters. The molecule has 0 unspecified atom stereocenters. The monoisotopic (exact) mass is 246 g/mol. The Morgan fingerprint density at radius 2 is 1.75 bits per heavy atom. The van der Waals surface area contributed by atoms with E-state index < -0.39 is 0 Å². The maximum absolute atomic E-state index is 2.42. The Balaban J connectivity index is 3.39. The van der Waals surface area contributed by atoms with Crippen LogP contribution in [0.3, 0.4) is 0 Å². The normalized spacial score (nSPS) is 12.8. The van der Waals surface area contributed by atoms with Crippen LogP contribution in [-0.4, -0.2) is 31.1 Å². The van der Waals surface area contributed by atoms with Crippen molar-refractivity contribution in [3.63, 3.8) is 0 Å². The molecular formula is C6H16SiTe. The molecule has 0 aliphatic heterocycles. The predicted molar refractivity (Wildman–Crippen MR) is 44.9 cm³/mol. The van der Waals surface area contributed by atoms with Gasteiger partial charge in [-0.2, -0.15) is 0 Å². The molecule has 0 bridgehead atoms. The van der Waals surface area contributed by atoms with Gasteiger partial charge in [0.2, 0.25) is 0 Å². The topological polar surface area (TPSA) is 0 Å². The van der Waals surface area contributed by atoms with Crippen molar-refractivity contribution in [1.82, 2.24) is 0 Å². The Morgan fingerprint density at radius 1 is 1.38 bits per heavy atom. The predicted octanol–water partition coefficient (Wildman–Crippen LogP) is 1.57. The van der Waals surface area contributed by atoms with Crippen molar-refractivity contribution in [1.29, 1.82) is 0 Å². The van der Waals surface area contributed by atoms with E-state index in [4.69, 9.17) is 0 Å². The van der Waals surface area contributed by atoms with Gasteiger partial charge in [-0.3, -0.25) is 0 Å². The minimum atomic E-state index is -0.283. The average molecular weight is 244 g/mol. The van der Waals surface area contributed by atoms with E-state index in [1.54, 1.807) is 0 Å². The summed E-state index contributed by atoms with van der Waals surface area (Å²) in [5.74, 6) is 0. The molecule has 0 saturated heterocycles. The van der Waals surface area contributed by atoms with E-state index in [1.165, 1.54) is 6.04 Å². The van der Waals surface area contributed by atoms with Crippen molar-refractivity contribution >= 4 is 31.1 Å². The van der Waals surface area contributed by atoms with Crippen molar-refractivity contribution < 1.29 is 0 Å². The van der Waals surface area contributed by atoms with Crippen LogP contribution in [0.15, 0.2) is 0 Å². The Kier molecular flexibility index (Phi) is 3.65. The van der Waals surface area contributed by atoms with Crippen LogP contribution < -0.4 is 0 Å². The molecule has 50 valence electrons. The van der Waals surface area contributed by atoms with Crippen LogP contribution in [0.4, 0.5) is 0 Å². The van der Waals surface area contributed by atoms with E-state index in [0.717, 1.165) is 0 Å². The summed E-state index contributed by atoms with van der Waals surface area (Å²) in [6, 6.07) is 1.49. The van der Waals surface area contributed by atoms with Crippen LogP contribution in [0.25, 0.3) is 0 Å². The molecule has 2 heteroatoms. The molecule has 0 saturated carbocycles. The van der Waals surface area contributed by atoms with Gasteiger partial charge in [-0.15, -0.1) is 0 Å². The van der Waals surface area contributed by atoms with Gasteiger partial charge in [0.25, 0.3) is 0 Å². The molecule has 0 heterocycles. The fourth-order valence-electron chi connectivity index (χ4n) is 0.999. The van der Waals surface area contributed by atoms with E-state index in [0.29, 0.717) is 3.46 Å². The van der Waals surface area contributed by atoms with Gasteiger partial charge >= 0.3 is 67.5 Å². The molecule has 0 aromatic heterocycles. The molecule has 0 spiro atoms. The Bertz CT molecular complexity index is 63.4. The first-order valence-electron chi connectivity index (χ1n) is 3.14. The average Bonchev–Trinajstić information content (AvgIpc) is 1.21. The molecule has 0 rings (SSSR count). The summed E-state index contributed by atoms with van der Waals surface area (Å²) in [5.41, 5.74) is 0. The van der Waals surface area contributed by atoms with E-state index in [1.807, 2.05) is 22.3 Å². The van der Waals surface area contributed by atoms with Crippen molar-refractivity contribution in [2.45, 2.75) is 36.4 Å². The zero-order valence-corrected chi connectivity index (χ0v) is 9.94. The number of hydrogen-bond donors (Lipinski definition) is 0. The first-order valence-corrected chi connectivity index (χ1v) is 7.54. The van der Waals surface area contributed by atoms with Gasteiger partial charge < -0.3 is 0 Å². The molecule has 0 nitrogen and oxygen atoms in total. The second-order valence-electron chi connectivity index (χ2n) is 3.41. The standard InChI is InChI=1S/C6H16SiTe/c1-6(2,8)5-7(3)4/h7-8H,5H2,1-4H3. The Labute approximate surface area is 67.6 Å². The third-order valence-corrected chi connectivity index (χ3v) is 4.29. The van der Waals surface area contributed by atoms with Crippen LogP contribution in [-0.2, 0) is 0 Å².